The molecule has 15 heavy (non-hydrogen) atoms. The van der Waals surface area contributed by atoms with E-state index in [1.807, 2.05) is 0 Å². The number of fused-ring (bicyclic) bond motifs is 1. The molecule has 2 heterocycles. The van der Waals surface area contributed by atoms with Gasteiger partial charge in [-0.05, 0) is 32.4 Å². The predicted octanol–water partition coefficient (Wildman–Crippen LogP) is -0.449. The molecule has 2 N–H and O–H groups in total. The van der Waals surface area contributed by atoms with E-state index in [0.717, 1.165) is 25.9 Å². The van der Waals surface area contributed by atoms with Crippen LogP contribution in [0.25, 0.3) is 0 Å². The van der Waals surface area contributed by atoms with Crippen molar-refractivity contribution in [2.45, 2.75) is 31.0 Å². The summed E-state index contributed by atoms with van der Waals surface area (Å²) in [5, 5.41) is 12.2. The molecule has 1 spiro atoms. The number of carboxylic acid groups (broad SMARTS) is 1. The second-order valence-corrected chi connectivity index (χ2v) is 4.71. The molecular formula is C10H13NO4. The van der Waals surface area contributed by atoms with Crippen LogP contribution in [0.15, 0.2) is 0 Å². The van der Waals surface area contributed by atoms with Gasteiger partial charge >= 0.3 is 5.97 Å². The van der Waals surface area contributed by atoms with Crippen molar-refractivity contribution >= 4 is 11.8 Å². The molecule has 0 bridgehead atoms. The maximum atomic E-state index is 12.2. The number of Topliss-reactive ketones (excluding diaryl/α,β-unsaturated/α-hetero) is 1. The maximum absolute atomic E-state index is 12.2. The van der Waals surface area contributed by atoms with Crippen LogP contribution in [0.3, 0.4) is 0 Å². The van der Waals surface area contributed by atoms with Gasteiger partial charge in [0, 0.05) is 5.41 Å². The lowest BCUT2D eigenvalue weighted by Crippen LogP contribution is -2.46. The zero-order chi connectivity index (χ0) is 10.7. The van der Waals surface area contributed by atoms with Crippen molar-refractivity contribution in [3.8, 4) is 0 Å². The third-order valence-corrected chi connectivity index (χ3v) is 4.00. The molecule has 5 nitrogen and oxygen atoms in total. The fourth-order valence-electron chi connectivity index (χ4n) is 3.04. The first-order valence-corrected chi connectivity index (χ1v) is 5.29. The Bertz CT molecular complexity index is 347. The summed E-state index contributed by atoms with van der Waals surface area (Å²) in [5.74, 6) is -1.29. The average Bonchev–Trinajstić information content (AvgIpc) is 2.88. The third-order valence-electron chi connectivity index (χ3n) is 4.00. The summed E-state index contributed by atoms with van der Waals surface area (Å²) < 4.78 is 5.07. The summed E-state index contributed by atoms with van der Waals surface area (Å²) >= 11 is 0. The largest absolute Gasteiger partial charge is 0.479 e. The van der Waals surface area contributed by atoms with E-state index in [0.29, 0.717) is 6.42 Å². The van der Waals surface area contributed by atoms with Crippen molar-refractivity contribution in [1.82, 2.24) is 5.32 Å². The van der Waals surface area contributed by atoms with Gasteiger partial charge in [0.05, 0.1) is 0 Å². The van der Waals surface area contributed by atoms with Gasteiger partial charge in [-0.2, -0.15) is 0 Å². The topological polar surface area (TPSA) is 78.9 Å². The molecule has 3 aliphatic rings. The van der Waals surface area contributed by atoms with E-state index in [2.05, 4.69) is 5.32 Å². The number of hydrogen-bond donors (Lipinski definition) is 2. The van der Waals surface area contributed by atoms with Crippen molar-refractivity contribution in [2.75, 3.05) is 13.1 Å². The first-order valence-electron chi connectivity index (χ1n) is 5.29. The van der Waals surface area contributed by atoms with Crippen molar-refractivity contribution in [1.29, 1.82) is 0 Å². The number of piperidine rings is 1. The quantitative estimate of drug-likeness (QED) is 0.453. The number of hydrogen-bond acceptors (Lipinski definition) is 4. The van der Waals surface area contributed by atoms with Crippen LogP contribution in [-0.4, -0.2) is 41.7 Å². The minimum Gasteiger partial charge on any atom is -0.479 e. The number of nitrogens with one attached hydrogen (secondary N) is 1. The Hall–Kier alpha value is -0.940. The summed E-state index contributed by atoms with van der Waals surface area (Å²) in [5.41, 5.74) is -1.87. The Kier molecular flexibility index (Phi) is 1.61. The van der Waals surface area contributed by atoms with Crippen LogP contribution in [-0.2, 0) is 14.3 Å². The average molecular weight is 211 g/mol. The molecule has 0 aromatic rings. The molecule has 2 atom stereocenters. The number of carboxylic acids is 1. The first kappa shape index (κ1) is 9.30. The van der Waals surface area contributed by atoms with E-state index < -0.39 is 17.0 Å². The lowest BCUT2D eigenvalue weighted by molar-refractivity contribution is -0.151. The smallest absolute Gasteiger partial charge is 0.346 e. The fraction of sp³-hybridized carbons (Fsp3) is 0.800. The van der Waals surface area contributed by atoms with E-state index in [9.17, 15) is 9.59 Å². The second kappa shape index (κ2) is 2.59. The molecule has 3 fully saturated rings. The highest BCUT2D eigenvalue weighted by molar-refractivity contribution is 6.14. The monoisotopic (exact) mass is 211 g/mol. The van der Waals surface area contributed by atoms with E-state index in [1.165, 1.54) is 0 Å². The third kappa shape index (κ3) is 0.948. The molecule has 0 aromatic carbocycles. The fourth-order valence-corrected chi connectivity index (χ4v) is 3.04. The molecule has 0 amide bonds. The van der Waals surface area contributed by atoms with Crippen LogP contribution >= 0.6 is 0 Å². The Balaban J connectivity index is 1.92. The minimum atomic E-state index is -1.46. The van der Waals surface area contributed by atoms with E-state index in [1.54, 1.807) is 0 Å². The second-order valence-electron chi connectivity index (χ2n) is 4.71. The van der Waals surface area contributed by atoms with Crippen LogP contribution in [0.4, 0.5) is 0 Å². The summed E-state index contributed by atoms with van der Waals surface area (Å²) in [6, 6.07) is 0. The van der Waals surface area contributed by atoms with Crippen molar-refractivity contribution in [3.63, 3.8) is 0 Å². The number of carbonyl (C=O) groups is 2. The number of rotatable bonds is 1. The SMILES string of the molecule is O=C(O)C12OC1CC1(CCNCC1)C2=O. The van der Waals surface area contributed by atoms with Crippen molar-refractivity contribution in [2.24, 2.45) is 5.41 Å². The summed E-state index contributed by atoms with van der Waals surface area (Å²) in [6.45, 7) is 1.60. The molecular weight excluding hydrogens is 198 g/mol. The predicted molar refractivity (Wildman–Crippen MR) is 49.4 cm³/mol. The van der Waals surface area contributed by atoms with Gasteiger partial charge in [-0.25, -0.2) is 4.79 Å². The van der Waals surface area contributed by atoms with Gasteiger partial charge in [0.25, 0.3) is 5.60 Å². The normalized spacial score (nSPS) is 41.6. The Morgan fingerprint density at radius 1 is 1.47 bits per heavy atom. The lowest BCUT2D eigenvalue weighted by Gasteiger charge is -2.33. The Morgan fingerprint density at radius 2 is 2.13 bits per heavy atom. The van der Waals surface area contributed by atoms with Crippen LogP contribution in [0.2, 0.25) is 0 Å². The van der Waals surface area contributed by atoms with Gasteiger partial charge < -0.3 is 15.2 Å². The Morgan fingerprint density at radius 3 is 2.67 bits per heavy atom. The van der Waals surface area contributed by atoms with E-state index >= 15 is 0 Å². The number of ketones is 1. The minimum absolute atomic E-state index is 0.186. The summed E-state index contributed by atoms with van der Waals surface area (Å²) in [7, 11) is 0. The summed E-state index contributed by atoms with van der Waals surface area (Å²) in [4.78, 5) is 23.2. The number of ether oxygens (including phenoxy) is 1. The van der Waals surface area contributed by atoms with Gasteiger partial charge in [-0.3, -0.25) is 4.79 Å². The first-order chi connectivity index (χ1) is 7.12. The van der Waals surface area contributed by atoms with Gasteiger partial charge in [0.1, 0.15) is 6.10 Å². The van der Waals surface area contributed by atoms with E-state index in [4.69, 9.17) is 9.84 Å². The molecule has 82 valence electrons. The zero-order valence-electron chi connectivity index (χ0n) is 8.28. The van der Waals surface area contributed by atoms with Crippen LogP contribution in [0, 0.1) is 5.41 Å². The highest BCUT2D eigenvalue weighted by atomic mass is 16.6. The number of carbonyl (C=O) groups excluding carboxylic acids is 1. The maximum Gasteiger partial charge on any atom is 0.346 e. The standard InChI is InChI=1S/C10H13NO4/c12-7-9(1-3-11-4-2-9)5-6-10(7,15-6)8(13)14/h6,11H,1-5H2,(H,13,14). The van der Waals surface area contributed by atoms with Gasteiger partial charge in [-0.1, -0.05) is 0 Å². The number of aliphatic carboxylic acids is 1. The van der Waals surface area contributed by atoms with Crippen LogP contribution in [0.5, 0.6) is 0 Å². The lowest BCUT2D eigenvalue weighted by atomic mass is 9.75. The Labute approximate surface area is 86.8 Å². The molecule has 0 radical (unpaired) electrons. The highest BCUT2D eigenvalue weighted by Crippen LogP contribution is 2.58. The molecule has 5 heteroatoms. The van der Waals surface area contributed by atoms with Gasteiger partial charge in [-0.15, -0.1) is 0 Å². The molecule has 1 aliphatic carbocycles. The zero-order valence-corrected chi connectivity index (χ0v) is 8.28. The molecule has 2 saturated heterocycles. The molecule has 2 unspecified atom stereocenters. The number of epoxide rings is 1. The van der Waals surface area contributed by atoms with Gasteiger partial charge in [0.2, 0.25) is 0 Å². The van der Waals surface area contributed by atoms with Crippen molar-refractivity contribution in [3.05, 3.63) is 0 Å². The van der Waals surface area contributed by atoms with Gasteiger partial charge in [0.15, 0.2) is 5.78 Å². The summed E-state index contributed by atoms with van der Waals surface area (Å²) in [6.07, 6.45) is 1.74. The molecule has 2 aliphatic heterocycles. The molecule has 0 aromatic heterocycles. The molecule has 1 saturated carbocycles. The molecule has 3 rings (SSSR count). The van der Waals surface area contributed by atoms with E-state index in [-0.39, 0.29) is 11.9 Å². The van der Waals surface area contributed by atoms with Crippen molar-refractivity contribution < 1.29 is 19.4 Å². The highest BCUT2D eigenvalue weighted by Gasteiger charge is 2.78. The van der Waals surface area contributed by atoms with Crippen LogP contribution in [0.1, 0.15) is 19.3 Å². The van der Waals surface area contributed by atoms with Crippen LogP contribution < -0.4 is 5.32 Å².